The summed E-state index contributed by atoms with van der Waals surface area (Å²) in [5.41, 5.74) is 0.397. The van der Waals surface area contributed by atoms with E-state index in [0.717, 1.165) is 10.1 Å². The normalized spacial score (nSPS) is 11.5. The molecule has 130 valence electrons. The standard InChI is InChI=1S/C14H11Cl2N5O2S2/c1-21-8-17-19-14(21)24-10-4-2-9(3-5-10)20-25(22,23)11-6-7-12(15)18-13(11)16/h2-8,20H,1H3. The number of rotatable bonds is 5. The monoisotopic (exact) mass is 415 g/mol. The number of anilines is 1. The number of nitrogens with zero attached hydrogens (tertiary/aromatic N) is 4. The highest BCUT2D eigenvalue weighted by Crippen LogP contribution is 2.28. The fraction of sp³-hybridized carbons (Fsp3) is 0.0714. The van der Waals surface area contributed by atoms with Crippen LogP contribution in [0.15, 0.2) is 57.7 Å². The SMILES string of the molecule is Cn1cnnc1Sc1ccc(NS(=O)(=O)c2ccc(Cl)nc2Cl)cc1. The second-order valence-electron chi connectivity index (χ2n) is 4.88. The molecule has 1 aromatic carbocycles. The van der Waals surface area contributed by atoms with Crippen molar-refractivity contribution in [2.75, 3.05) is 4.72 Å². The molecule has 0 fully saturated rings. The summed E-state index contributed by atoms with van der Waals surface area (Å²) < 4.78 is 29.1. The molecule has 0 atom stereocenters. The van der Waals surface area contributed by atoms with Gasteiger partial charge in [0.15, 0.2) is 10.3 Å². The van der Waals surface area contributed by atoms with Crippen LogP contribution >= 0.6 is 35.0 Å². The van der Waals surface area contributed by atoms with Gasteiger partial charge in [-0.25, -0.2) is 13.4 Å². The largest absolute Gasteiger partial charge is 0.311 e. The third-order valence-corrected chi connectivity index (χ3v) is 6.14. The molecule has 25 heavy (non-hydrogen) atoms. The Bertz CT molecular complexity index is 1010. The Hall–Kier alpha value is -1.81. The van der Waals surface area contributed by atoms with E-state index in [-0.39, 0.29) is 15.2 Å². The quantitative estimate of drug-likeness (QED) is 0.641. The Labute approximate surface area is 158 Å². The van der Waals surface area contributed by atoms with Crippen LogP contribution in [-0.4, -0.2) is 28.2 Å². The first-order chi connectivity index (χ1) is 11.8. The van der Waals surface area contributed by atoms with Crippen LogP contribution in [0.5, 0.6) is 0 Å². The van der Waals surface area contributed by atoms with Gasteiger partial charge in [-0.3, -0.25) is 4.72 Å². The minimum atomic E-state index is -3.87. The molecule has 0 saturated carbocycles. The molecule has 1 N–H and O–H groups in total. The van der Waals surface area contributed by atoms with Crippen molar-refractivity contribution in [3.8, 4) is 0 Å². The van der Waals surface area contributed by atoms with Crippen LogP contribution in [0, 0.1) is 0 Å². The zero-order valence-corrected chi connectivity index (χ0v) is 15.9. The van der Waals surface area contributed by atoms with Gasteiger partial charge in [0.2, 0.25) is 0 Å². The van der Waals surface area contributed by atoms with Crippen LogP contribution in [0.3, 0.4) is 0 Å². The first kappa shape index (κ1) is 18.0. The summed E-state index contributed by atoms with van der Waals surface area (Å²) in [6, 6.07) is 9.51. The molecule has 0 saturated heterocycles. The number of aromatic nitrogens is 4. The Morgan fingerprint density at radius 3 is 2.44 bits per heavy atom. The van der Waals surface area contributed by atoms with Crippen LogP contribution in [-0.2, 0) is 17.1 Å². The number of hydrogen-bond donors (Lipinski definition) is 1. The van der Waals surface area contributed by atoms with Gasteiger partial charge in [0, 0.05) is 17.6 Å². The molecule has 3 rings (SSSR count). The van der Waals surface area contributed by atoms with Crippen LogP contribution < -0.4 is 4.72 Å². The summed E-state index contributed by atoms with van der Waals surface area (Å²) in [5, 5.41) is 8.45. The molecule has 0 aliphatic heterocycles. The third-order valence-electron chi connectivity index (χ3n) is 3.06. The lowest BCUT2D eigenvalue weighted by Crippen LogP contribution is -2.13. The van der Waals surface area contributed by atoms with Gasteiger partial charge in [0.25, 0.3) is 10.0 Å². The van der Waals surface area contributed by atoms with Gasteiger partial charge in [-0.15, -0.1) is 10.2 Å². The van der Waals surface area contributed by atoms with Gasteiger partial charge in [-0.05, 0) is 48.2 Å². The van der Waals surface area contributed by atoms with Crippen molar-refractivity contribution >= 4 is 50.7 Å². The summed E-state index contributed by atoms with van der Waals surface area (Å²) in [6.45, 7) is 0. The second-order valence-corrected chi connectivity index (χ2v) is 8.32. The van der Waals surface area contributed by atoms with Gasteiger partial charge >= 0.3 is 0 Å². The third kappa shape index (κ3) is 4.24. The van der Waals surface area contributed by atoms with E-state index in [1.54, 1.807) is 35.2 Å². The molecule has 3 aromatic rings. The van der Waals surface area contributed by atoms with Crippen LogP contribution in [0.2, 0.25) is 10.3 Å². The maximum Gasteiger partial charge on any atom is 0.264 e. The molecule has 0 bridgehead atoms. The van der Waals surface area contributed by atoms with Crippen molar-refractivity contribution in [1.29, 1.82) is 0 Å². The molecule has 2 aromatic heterocycles. The van der Waals surface area contributed by atoms with E-state index in [2.05, 4.69) is 19.9 Å². The molecule has 7 nitrogen and oxygen atoms in total. The number of hydrogen-bond acceptors (Lipinski definition) is 6. The molecule has 0 spiro atoms. The highest BCUT2D eigenvalue weighted by molar-refractivity contribution is 7.99. The fourth-order valence-corrected chi connectivity index (χ4v) is 4.35. The number of benzene rings is 1. The predicted molar refractivity (Wildman–Crippen MR) is 96.6 cm³/mol. The van der Waals surface area contributed by atoms with Crippen molar-refractivity contribution in [2.24, 2.45) is 7.05 Å². The molecule has 0 radical (unpaired) electrons. The maximum atomic E-state index is 12.4. The number of aryl methyl sites for hydroxylation is 1. The first-order valence-electron chi connectivity index (χ1n) is 6.82. The lowest BCUT2D eigenvalue weighted by Gasteiger charge is -2.09. The molecule has 0 aliphatic carbocycles. The van der Waals surface area contributed by atoms with Crippen molar-refractivity contribution in [3.63, 3.8) is 0 Å². The lowest BCUT2D eigenvalue weighted by molar-refractivity contribution is 0.601. The van der Waals surface area contributed by atoms with Crippen LogP contribution in [0.25, 0.3) is 0 Å². The number of sulfonamides is 1. The number of pyridine rings is 1. The Kier molecular flexibility index (Phi) is 5.19. The van der Waals surface area contributed by atoms with Crippen molar-refractivity contribution < 1.29 is 8.42 Å². The summed E-state index contributed by atoms with van der Waals surface area (Å²) >= 11 is 13.0. The Balaban J connectivity index is 1.77. The summed E-state index contributed by atoms with van der Waals surface area (Å²) in [5.74, 6) is 0. The molecule has 2 heterocycles. The minimum Gasteiger partial charge on any atom is -0.311 e. The van der Waals surface area contributed by atoms with Crippen molar-refractivity contribution in [3.05, 3.63) is 53.0 Å². The van der Waals surface area contributed by atoms with E-state index >= 15 is 0 Å². The molecule has 0 amide bonds. The van der Waals surface area contributed by atoms with E-state index in [4.69, 9.17) is 23.2 Å². The van der Waals surface area contributed by atoms with Crippen molar-refractivity contribution in [2.45, 2.75) is 14.9 Å². The predicted octanol–water partition coefficient (Wildman–Crippen LogP) is 3.47. The Morgan fingerprint density at radius 1 is 1.12 bits per heavy atom. The fourth-order valence-electron chi connectivity index (χ4n) is 1.87. The smallest absolute Gasteiger partial charge is 0.264 e. The molecular weight excluding hydrogens is 405 g/mol. The van der Waals surface area contributed by atoms with Gasteiger partial charge in [-0.2, -0.15) is 0 Å². The van der Waals surface area contributed by atoms with Gasteiger partial charge < -0.3 is 4.57 Å². The van der Waals surface area contributed by atoms with Crippen LogP contribution in [0.4, 0.5) is 5.69 Å². The van der Waals surface area contributed by atoms with Gasteiger partial charge in [0.1, 0.15) is 16.4 Å². The molecular formula is C14H11Cl2N5O2S2. The summed E-state index contributed by atoms with van der Waals surface area (Å²) in [6.07, 6.45) is 1.61. The van der Waals surface area contributed by atoms with Gasteiger partial charge in [-0.1, -0.05) is 23.2 Å². The van der Waals surface area contributed by atoms with Crippen molar-refractivity contribution in [1.82, 2.24) is 19.7 Å². The average Bonchev–Trinajstić information content (AvgIpc) is 2.93. The van der Waals surface area contributed by atoms with E-state index in [1.807, 2.05) is 7.05 Å². The lowest BCUT2D eigenvalue weighted by atomic mass is 10.3. The molecule has 0 unspecified atom stereocenters. The first-order valence-corrected chi connectivity index (χ1v) is 9.87. The minimum absolute atomic E-state index is 0.120. The Morgan fingerprint density at radius 2 is 1.84 bits per heavy atom. The number of nitrogens with one attached hydrogen (secondary N) is 1. The van der Waals surface area contributed by atoms with Gasteiger partial charge in [0.05, 0.1) is 0 Å². The topological polar surface area (TPSA) is 89.8 Å². The average molecular weight is 416 g/mol. The maximum absolute atomic E-state index is 12.4. The van der Waals surface area contributed by atoms with E-state index in [9.17, 15) is 8.42 Å². The highest BCUT2D eigenvalue weighted by Gasteiger charge is 2.19. The van der Waals surface area contributed by atoms with E-state index < -0.39 is 10.0 Å². The second kappa shape index (κ2) is 7.20. The zero-order chi connectivity index (χ0) is 18.0. The van der Waals surface area contributed by atoms with Crippen LogP contribution in [0.1, 0.15) is 0 Å². The zero-order valence-electron chi connectivity index (χ0n) is 12.7. The summed E-state index contributed by atoms with van der Waals surface area (Å²) in [4.78, 5) is 4.49. The van der Waals surface area contributed by atoms with E-state index in [1.165, 1.54) is 23.9 Å². The number of halogens is 2. The molecule has 11 heteroatoms. The summed E-state index contributed by atoms with van der Waals surface area (Å²) in [7, 11) is -2.02. The highest BCUT2D eigenvalue weighted by atomic mass is 35.5. The molecule has 0 aliphatic rings. The van der Waals surface area contributed by atoms with E-state index in [0.29, 0.717) is 5.69 Å².